The third kappa shape index (κ3) is 3.69. The molecular formula is C27H26N2O6. The molecule has 2 aliphatic rings. The van der Waals surface area contributed by atoms with E-state index in [-0.39, 0.29) is 19.3 Å². The standard InChI is InChI=1S/C27H26N2O6/c1-31-21-12-19-17-7-6-16-10-23-24(35-15-34-23)11-18(16)26(17)28-27(20(19)13-22(21)32-2)33-14-25(30)29-8-4-3-5-9-29/h6-7,10-13H,3-5,8-9,14-15H2,1-2H3. The van der Waals surface area contributed by atoms with Gasteiger partial charge >= 0.3 is 0 Å². The smallest absolute Gasteiger partial charge is 0.260 e. The van der Waals surface area contributed by atoms with Crippen molar-refractivity contribution in [3.63, 3.8) is 0 Å². The van der Waals surface area contributed by atoms with Crippen LogP contribution in [0.15, 0.2) is 36.4 Å². The lowest BCUT2D eigenvalue weighted by molar-refractivity contribution is -0.134. The van der Waals surface area contributed by atoms with Crippen LogP contribution in [0.5, 0.6) is 28.9 Å². The molecule has 0 aliphatic carbocycles. The van der Waals surface area contributed by atoms with E-state index in [2.05, 4.69) is 0 Å². The number of rotatable bonds is 5. The van der Waals surface area contributed by atoms with E-state index in [1.165, 1.54) is 0 Å². The number of carbonyl (C=O) groups is 1. The number of nitrogens with zero attached hydrogens (tertiary/aromatic N) is 2. The van der Waals surface area contributed by atoms with E-state index >= 15 is 0 Å². The summed E-state index contributed by atoms with van der Waals surface area (Å²) in [5.74, 6) is 2.92. The lowest BCUT2D eigenvalue weighted by Crippen LogP contribution is -2.38. The average molecular weight is 475 g/mol. The summed E-state index contributed by atoms with van der Waals surface area (Å²) in [6.45, 7) is 1.68. The Hall–Kier alpha value is -3.94. The lowest BCUT2D eigenvalue weighted by atomic mass is 10.0. The van der Waals surface area contributed by atoms with Crippen molar-refractivity contribution in [1.82, 2.24) is 9.88 Å². The van der Waals surface area contributed by atoms with Crippen molar-refractivity contribution in [3.8, 4) is 28.9 Å². The molecule has 1 amide bonds. The Kier molecular flexibility index (Phi) is 5.36. The second-order valence-corrected chi connectivity index (χ2v) is 8.79. The summed E-state index contributed by atoms with van der Waals surface area (Å²) in [5.41, 5.74) is 0.751. The highest BCUT2D eigenvalue weighted by Gasteiger charge is 2.21. The molecule has 180 valence electrons. The normalized spacial score (nSPS) is 15.1. The fraction of sp³-hybridized carbons (Fsp3) is 0.333. The Balaban J connectivity index is 1.52. The first-order chi connectivity index (χ1) is 17.2. The average Bonchev–Trinajstić information content (AvgIpc) is 3.37. The Morgan fingerprint density at radius 3 is 2.34 bits per heavy atom. The summed E-state index contributed by atoms with van der Waals surface area (Å²) in [7, 11) is 3.20. The van der Waals surface area contributed by atoms with Gasteiger partial charge in [-0.05, 0) is 48.9 Å². The van der Waals surface area contributed by atoms with Crippen molar-refractivity contribution in [3.05, 3.63) is 36.4 Å². The SMILES string of the molecule is COc1cc2c(OCC(=O)N3CCCCC3)nc3c4cc5c(cc4ccc3c2cc1OC)OCO5. The second-order valence-electron chi connectivity index (χ2n) is 8.79. The number of hydrogen-bond acceptors (Lipinski definition) is 7. The number of ether oxygens (including phenoxy) is 5. The summed E-state index contributed by atoms with van der Waals surface area (Å²) in [6, 6.07) is 11.8. The van der Waals surface area contributed by atoms with Gasteiger partial charge in [-0.15, -0.1) is 0 Å². The molecular weight excluding hydrogens is 448 g/mol. The molecule has 1 aromatic heterocycles. The summed E-state index contributed by atoms with van der Waals surface area (Å²) in [6.07, 6.45) is 3.22. The van der Waals surface area contributed by atoms with Crippen LogP contribution in [-0.2, 0) is 4.79 Å². The van der Waals surface area contributed by atoms with Crippen LogP contribution in [0.2, 0.25) is 0 Å². The topological polar surface area (TPSA) is 79.4 Å². The van der Waals surface area contributed by atoms with Crippen LogP contribution in [0.3, 0.4) is 0 Å². The maximum Gasteiger partial charge on any atom is 0.260 e. The lowest BCUT2D eigenvalue weighted by Gasteiger charge is -2.26. The third-order valence-electron chi connectivity index (χ3n) is 6.78. The van der Waals surface area contributed by atoms with Crippen molar-refractivity contribution in [2.75, 3.05) is 40.7 Å². The molecule has 0 saturated carbocycles. The molecule has 8 heteroatoms. The van der Waals surface area contributed by atoms with Crippen molar-refractivity contribution in [2.45, 2.75) is 19.3 Å². The molecule has 35 heavy (non-hydrogen) atoms. The zero-order chi connectivity index (χ0) is 23.9. The monoisotopic (exact) mass is 474 g/mol. The summed E-state index contributed by atoms with van der Waals surface area (Å²) >= 11 is 0. The van der Waals surface area contributed by atoms with E-state index in [9.17, 15) is 4.79 Å². The molecule has 0 N–H and O–H groups in total. The quantitative estimate of drug-likeness (QED) is 0.389. The largest absolute Gasteiger partial charge is 0.493 e. The number of carbonyl (C=O) groups excluding carboxylic acids is 1. The number of fused-ring (bicyclic) bond motifs is 6. The summed E-state index contributed by atoms with van der Waals surface area (Å²) in [4.78, 5) is 19.6. The fourth-order valence-electron chi connectivity index (χ4n) is 4.95. The number of methoxy groups -OCH3 is 2. The van der Waals surface area contributed by atoms with E-state index in [4.69, 9.17) is 28.7 Å². The molecule has 0 unspecified atom stereocenters. The highest BCUT2D eigenvalue weighted by atomic mass is 16.7. The molecule has 0 atom stereocenters. The van der Waals surface area contributed by atoms with Crippen molar-refractivity contribution < 1.29 is 28.5 Å². The van der Waals surface area contributed by atoms with Crippen LogP contribution in [0.1, 0.15) is 19.3 Å². The maximum atomic E-state index is 12.8. The minimum absolute atomic E-state index is 0.0264. The molecule has 2 aliphatic heterocycles. The van der Waals surface area contributed by atoms with Crippen LogP contribution in [0.25, 0.3) is 32.4 Å². The van der Waals surface area contributed by atoms with Gasteiger partial charge in [-0.2, -0.15) is 0 Å². The number of amides is 1. The molecule has 0 bridgehead atoms. The van der Waals surface area contributed by atoms with Gasteiger partial charge < -0.3 is 28.6 Å². The van der Waals surface area contributed by atoms with Crippen molar-refractivity contribution in [2.24, 2.45) is 0 Å². The van der Waals surface area contributed by atoms with Crippen LogP contribution in [0.4, 0.5) is 0 Å². The van der Waals surface area contributed by atoms with Crippen molar-refractivity contribution in [1.29, 1.82) is 0 Å². The zero-order valence-corrected chi connectivity index (χ0v) is 19.8. The number of hydrogen-bond donors (Lipinski definition) is 0. The van der Waals surface area contributed by atoms with Gasteiger partial charge in [0.1, 0.15) is 0 Å². The first kappa shape index (κ1) is 21.6. The molecule has 1 fully saturated rings. The van der Waals surface area contributed by atoms with E-state index < -0.39 is 0 Å². The van der Waals surface area contributed by atoms with E-state index in [0.717, 1.165) is 64.8 Å². The summed E-state index contributed by atoms with van der Waals surface area (Å²) in [5, 5.41) is 4.47. The molecule has 3 heterocycles. The Morgan fingerprint density at radius 2 is 1.60 bits per heavy atom. The van der Waals surface area contributed by atoms with Gasteiger partial charge in [0.25, 0.3) is 5.91 Å². The van der Waals surface area contributed by atoms with Crippen LogP contribution in [0, 0.1) is 0 Å². The molecule has 0 spiro atoms. The van der Waals surface area contributed by atoms with E-state index in [1.807, 2.05) is 41.3 Å². The van der Waals surface area contributed by atoms with Gasteiger partial charge in [0.2, 0.25) is 12.7 Å². The fourth-order valence-corrected chi connectivity index (χ4v) is 4.95. The van der Waals surface area contributed by atoms with Crippen molar-refractivity contribution >= 4 is 38.4 Å². The van der Waals surface area contributed by atoms with Gasteiger partial charge in [0, 0.05) is 34.6 Å². The van der Waals surface area contributed by atoms with E-state index in [0.29, 0.717) is 28.9 Å². The predicted molar refractivity (Wildman–Crippen MR) is 132 cm³/mol. The minimum Gasteiger partial charge on any atom is -0.493 e. The number of benzene rings is 3. The molecule has 4 aromatic rings. The molecule has 0 radical (unpaired) electrons. The molecule has 3 aromatic carbocycles. The molecule has 1 saturated heterocycles. The Bertz CT molecular complexity index is 1460. The zero-order valence-electron chi connectivity index (χ0n) is 19.8. The molecule has 8 nitrogen and oxygen atoms in total. The van der Waals surface area contributed by atoms with Crippen LogP contribution < -0.4 is 23.7 Å². The van der Waals surface area contributed by atoms with Gasteiger partial charge in [-0.25, -0.2) is 4.98 Å². The van der Waals surface area contributed by atoms with Gasteiger partial charge in [-0.1, -0.05) is 12.1 Å². The third-order valence-corrected chi connectivity index (χ3v) is 6.78. The van der Waals surface area contributed by atoms with Crippen LogP contribution >= 0.6 is 0 Å². The number of pyridine rings is 1. The first-order valence-electron chi connectivity index (χ1n) is 11.8. The highest BCUT2D eigenvalue weighted by molar-refractivity contribution is 6.17. The van der Waals surface area contributed by atoms with E-state index in [1.54, 1.807) is 14.2 Å². The Labute approximate surface area is 202 Å². The van der Waals surface area contributed by atoms with Gasteiger partial charge in [0.15, 0.2) is 29.6 Å². The van der Waals surface area contributed by atoms with Crippen LogP contribution in [-0.4, -0.2) is 56.5 Å². The molecule has 6 rings (SSSR count). The minimum atomic E-state index is -0.0704. The Morgan fingerprint density at radius 1 is 0.886 bits per heavy atom. The summed E-state index contributed by atoms with van der Waals surface area (Å²) < 4.78 is 28.4. The number of likely N-dealkylation sites (tertiary alicyclic amines) is 1. The second kappa shape index (κ2) is 8.69. The predicted octanol–water partition coefficient (Wildman–Crippen LogP) is 4.68. The van der Waals surface area contributed by atoms with Gasteiger partial charge in [-0.3, -0.25) is 4.79 Å². The maximum absolute atomic E-state index is 12.8. The number of aromatic nitrogens is 1. The number of piperidine rings is 1. The van der Waals surface area contributed by atoms with Gasteiger partial charge in [0.05, 0.1) is 19.7 Å². The highest BCUT2D eigenvalue weighted by Crippen LogP contribution is 2.43. The first-order valence-corrected chi connectivity index (χ1v) is 11.8.